The van der Waals surface area contributed by atoms with E-state index in [2.05, 4.69) is 12.6 Å². The summed E-state index contributed by atoms with van der Waals surface area (Å²) in [4.78, 5) is 14.8. The third-order valence-electron chi connectivity index (χ3n) is 5.43. The van der Waals surface area contributed by atoms with Crippen LogP contribution in [0.5, 0.6) is 0 Å². The molecule has 0 N–H and O–H groups in total. The highest BCUT2D eigenvalue weighted by Crippen LogP contribution is 2.31. The van der Waals surface area contributed by atoms with E-state index in [4.69, 9.17) is 28.5 Å². The van der Waals surface area contributed by atoms with Gasteiger partial charge in [0.1, 0.15) is 4.90 Å². The minimum Gasteiger partial charge on any atom is -0.334 e. The van der Waals surface area contributed by atoms with Crippen molar-refractivity contribution in [2.75, 3.05) is 19.6 Å². The van der Waals surface area contributed by atoms with Crippen LogP contribution in [0.15, 0.2) is 60.0 Å². The number of sulfonamides is 1. The Hall–Kier alpha value is -2.37. The summed E-state index contributed by atoms with van der Waals surface area (Å²) in [6.45, 7) is 4.97. The van der Waals surface area contributed by atoms with Gasteiger partial charge in [-0.15, -0.1) is 6.58 Å². The molecule has 3 rings (SSSR count). The molecule has 9 heteroatoms. The molecule has 0 atom stereocenters. The van der Waals surface area contributed by atoms with E-state index >= 15 is 0 Å². The molecule has 0 bridgehead atoms. The number of carbonyl (C=O) groups excluding carboxylic acids is 1. The summed E-state index contributed by atoms with van der Waals surface area (Å²) < 4.78 is 27.4. The Labute approximate surface area is 198 Å². The van der Waals surface area contributed by atoms with Crippen molar-refractivity contribution in [2.24, 2.45) is 5.92 Å². The third-order valence-corrected chi connectivity index (χ3v) is 8.05. The number of hydrogen-bond acceptors (Lipinski definition) is 4. The average Bonchev–Trinajstić information content (AvgIpc) is 2.80. The van der Waals surface area contributed by atoms with Crippen LogP contribution in [-0.4, -0.2) is 43.2 Å². The topological polar surface area (TPSA) is 81.5 Å². The molecule has 1 saturated heterocycles. The van der Waals surface area contributed by atoms with E-state index < -0.39 is 10.0 Å². The first kappa shape index (κ1) is 24.3. The normalized spacial score (nSPS) is 15.2. The van der Waals surface area contributed by atoms with Gasteiger partial charge in [-0.1, -0.05) is 41.4 Å². The summed E-state index contributed by atoms with van der Waals surface area (Å²) in [7, 11) is -3.80. The van der Waals surface area contributed by atoms with Crippen molar-refractivity contribution in [1.82, 2.24) is 9.21 Å². The van der Waals surface area contributed by atoms with Gasteiger partial charge in [0.25, 0.3) is 0 Å². The molecular weight excluding hydrogens is 469 g/mol. The van der Waals surface area contributed by atoms with E-state index in [1.54, 1.807) is 23.1 Å². The Balaban J connectivity index is 1.68. The van der Waals surface area contributed by atoms with Gasteiger partial charge in [-0.25, -0.2) is 8.42 Å². The lowest BCUT2D eigenvalue weighted by Gasteiger charge is -2.33. The van der Waals surface area contributed by atoms with Crippen LogP contribution < -0.4 is 0 Å². The van der Waals surface area contributed by atoms with Gasteiger partial charge < -0.3 is 4.90 Å². The van der Waals surface area contributed by atoms with Crippen LogP contribution in [0.1, 0.15) is 24.0 Å². The largest absolute Gasteiger partial charge is 0.334 e. The van der Waals surface area contributed by atoms with E-state index in [1.165, 1.54) is 22.5 Å². The molecule has 0 spiro atoms. The van der Waals surface area contributed by atoms with Crippen molar-refractivity contribution in [3.63, 3.8) is 0 Å². The van der Waals surface area contributed by atoms with Crippen molar-refractivity contribution in [3.8, 4) is 6.07 Å². The zero-order valence-electron chi connectivity index (χ0n) is 17.4. The highest BCUT2D eigenvalue weighted by atomic mass is 35.5. The highest BCUT2D eigenvalue weighted by Gasteiger charge is 2.34. The predicted molar refractivity (Wildman–Crippen MR) is 125 cm³/mol. The number of amides is 1. The molecule has 0 saturated carbocycles. The molecule has 1 aliphatic rings. The Morgan fingerprint density at radius 2 is 1.84 bits per heavy atom. The van der Waals surface area contributed by atoms with Gasteiger partial charge >= 0.3 is 0 Å². The zero-order chi connectivity index (χ0) is 23.3. The fourth-order valence-corrected chi connectivity index (χ4v) is 5.92. The molecular formula is C23H23Cl2N3O3S. The lowest BCUT2D eigenvalue weighted by Crippen LogP contribution is -2.44. The highest BCUT2D eigenvalue weighted by molar-refractivity contribution is 7.89. The molecule has 1 amide bonds. The molecule has 0 unspecified atom stereocenters. The molecule has 2 aromatic carbocycles. The first-order valence-corrected chi connectivity index (χ1v) is 12.3. The SMILES string of the molecule is C=CCN(Cc1ccc(C#N)cc1)C(=O)C1CCN(S(=O)(=O)c2cc(Cl)ccc2Cl)CC1. The lowest BCUT2D eigenvalue weighted by atomic mass is 9.96. The first-order valence-electron chi connectivity index (χ1n) is 10.1. The van der Waals surface area contributed by atoms with Crippen LogP contribution >= 0.6 is 23.2 Å². The molecule has 2 aromatic rings. The van der Waals surface area contributed by atoms with Gasteiger partial charge in [-0.3, -0.25) is 4.79 Å². The van der Waals surface area contributed by atoms with Crippen LogP contribution in [0.4, 0.5) is 0 Å². The summed E-state index contributed by atoms with van der Waals surface area (Å²) in [6.07, 6.45) is 2.50. The van der Waals surface area contributed by atoms with Crippen LogP contribution in [0.2, 0.25) is 10.0 Å². The van der Waals surface area contributed by atoms with E-state index in [-0.39, 0.29) is 34.8 Å². The molecule has 0 aliphatic carbocycles. The number of hydrogen-bond donors (Lipinski definition) is 0. The molecule has 168 valence electrons. The Morgan fingerprint density at radius 3 is 2.44 bits per heavy atom. The smallest absolute Gasteiger partial charge is 0.244 e. The number of piperidine rings is 1. The second kappa shape index (κ2) is 10.5. The maximum Gasteiger partial charge on any atom is 0.244 e. The summed E-state index contributed by atoms with van der Waals surface area (Å²) >= 11 is 12.1. The third kappa shape index (κ3) is 5.51. The number of rotatable bonds is 7. The molecule has 1 aliphatic heterocycles. The zero-order valence-corrected chi connectivity index (χ0v) is 19.7. The number of carbonyl (C=O) groups is 1. The van der Waals surface area contributed by atoms with Crippen molar-refractivity contribution in [2.45, 2.75) is 24.3 Å². The Morgan fingerprint density at radius 1 is 1.19 bits per heavy atom. The van der Waals surface area contributed by atoms with Crippen LogP contribution in [0, 0.1) is 17.2 Å². The van der Waals surface area contributed by atoms with Gasteiger partial charge in [-0.05, 0) is 48.7 Å². The van der Waals surface area contributed by atoms with Crippen molar-refractivity contribution >= 4 is 39.1 Å². The van der Waals surface area contributed by atoms with Gasteiger partial charge in [0, 0.05) is 37.1 Å². The summed E-state index contributed by atoms with van der Waals surface area (Å²) in [6, 6.07) is 13.5. The maximum absolute atomic E-state index is 13.2. The number of nitriles is 1. The van der Waals surface area contributed by atoms with Crippen molar-refractivity contribution in [1.29, 1.82) is 5.26 Å². The Kier molecular flexibility index (Phi) is 7.96. The molecule has 0 aromatic heterocycles. The van der Waals surface area contributed by atoms with Crippen molar-refractivity contribution in [3.05, 3.63) is 76.3 Å². The number of halogens is 2. The standard InChI is InChI=1S/C23H23Cl2N3O3S/c1-2-11-27(16-18-5-3-17(15-26)4-6-18)23(29)19-9-12-28(13-10-19)32(30,31)22-14-20(24)7-8-21(22)25/h2-8,14,19H,1,9-13,16H2. The lowest BCUT2D eigenvalue weighted by molar-refractivity contribution is -0.136. The average molecular weight is 492 g/mol. The number of nitrogens with zero attached hydrogens (tertiary/aromatic N) is 3. The van der Waals surface area contributed by atoms with E-state index in [0.29, 0.717) is 36.5 Å². The monoisotopic (exact) mass is 491 g/mol. The van der Waals surface area contributed by atoms with Gasteiger partial charge in [-0.2, -0.15) is 9.57 Å². The summed E-state index contributed by atoms with van der Waals surface area (Å²) in [5, 5.41) is 9.35. The molecule has 6 nitrogen and oxygen atoms in total. The van der Waals surface area contributed by atoms with Crippen LogP contribution in [-0.2, 0) is 21.4 Å². The van der Waals surface area contributed by atoms with Crippen LogP contribution in [0.25, 0.3) is 0 Å². The van der Waals surface area contributed by atoms with E-state index in [0.717, 1.165) is 5.56 Å². The predicted octanol–water partition coefficient (Wildman–Crippen LogP) is 4.48. The fraction of sp³-hybridized carbons (Fsp3) is 0.304. The molecule has 1 heterocycles. The summed E-state index contributed by atoms with van der Waals surface area (Å²) in [5.41, 5.74) is 1.47. The minimum absolute atomic E-state index is 0.0226. The second-order valence-electron chi connectivity index (χ2n) is 7.57. The Bertz CT molecular complexity index is 1140. The van der Waals surface area contributed by atoms with E-state index in [9.17, 15) is 13.2 Å². The fourth-order valence-electron chi connectivity index (χ4n) is 3.71. The number of benzene rings is 2. The van der Waals surface area contributed by atoms with Gasteiger partial charge in [0.2, 0.25) is 15.9 Å². The van der Waals surface area contributed by atoms with Crippen molar-refractivity contribution < 1.29 is 13.2 Å². The second-order valence-corrected chi connectivity index (χ2v) is 10.3. The molecule has 1 fully saturated rings. The van der Waals surface area contributed by atoms with Crippen LogP contribution in [0.3, 0.4) is 0 Å². The minimum atomic E-state index is -3.80. The van der Waals surface area contributed by atoms with E-state index in [1.807, 2.05) is 12.1 Å². The summed E-state index contributed by atoms with van der Waals surface area (Å²) in [5.74, 6) is -0.318. The molecule has 32 heavy (non-hydrogen) atoms. The van der Waals surface area contributed by atoms with Gasteiger partial charge in [0.05, 0.1) is 16.7 Å². The molecule has 0 radical (unpaired) electrons. The first-order chi connectivity index (χ1) is 15.3. The quantitative estimate of drug-likeness (QED) is 0.534. The van der Waals surface area contributed by atoms with Gasteiger partial charge in [0.15, 0.2) is 0 Å². The maximum atomic E-state index is 13.2.